The zero-order valence-corrected chi connectivity index (χ0v) is 14.0. The van der Waals surface area contributed by atoms with Gasteiger partial charge in [0.15, 0.2) is 0 Å². The lowest BCUT2D eigenvalue weighted by Crippen LogP contribution is -2.23. The Labute approximate surface area is 120 Å². The molecule has 0 aliphatic carbocycles. The number of nitrogens with zero attached hydrogens (tertiary/aromatic N) is 1. The van der Waals surface area contributed by atoms with E-state index in [1.807, 2.05) is 45.9 Å². The molecular weight excluding hydrogens is 310 g/mol. The van der Waals surface area contributed by atoms with Gasteiger partial charge in [-0.25, -0.2) is 0 Å². The smallest absolute Gasteiger partial charge is 0.115 e. The monoisotopic (exact) mass is 329 g/mol. The second-order valence-electron chi connectivity index (χ2n) is 5.24. The molecule has 0 saturated heterocycles. The van der Waals surface area contributed by atoms with E-state index >= 15 is 0 Å². The highest BCUT2D eigenvalue weighted by Gasteiger charge is 2.18. The average molecular weight is 330 g/mol. The van der Waals surface area contributed by atoms with Gasteiger partial charge in [-0.1, -0.05) is 28.1 Å². The van der Waals surface area contributed by atoms with E-state index in [9.17, 15) is 4.21 Å². The van der Waals surface area contributed by atoms with Crippen LogP contribution < -0.4 is 0 Å². The lowest BCUT2D eigenvalue weighted by Gasteiger charge is -2.16. The molecule has 1 unspecified atom stereocenters. The van der Waals surface area contributed by atoms with E-state index in [0.29, 0.717) is 5.88 Å². The molecule has 4 heteroatoms. The van der Waals surface area contributed by atoms with Crippen LogP contribution in [0.3, 0.4) is 0 Å². The van der Waals surface area contributed by atoms with E-state index < -0.39 is 10.8 Å². The first-order valence-electron chi connectivity index (χ1n) is 5.88. The van der Waals surface area contributed by atoms with Crippen molar-refractivity contribution in [1.82, 2.24) is 0 Å². The SMILES string of the molecule is CC(=NCS(=O)C(C)(C)C)c1cccc(Br)c1C. The van der Waals surface area contributed by atoms with Crippen LogP contribution in [-0.2, 0) is 10.8 Å². The van der Waals surface area contributed by atoms with Gasteiger partial charge in [-0.15, -0.1) is 0 Å². The minimum Gasteiger partial charge on any atom is -0.276 e. The van der Waals surface area contributed by atoms with Crippen molar-refractivity contribution >= 4 is 32.4 Å². The van der Waals surface area contributed by atoms with Crippen LogP contribution in [0.25, 0.3) is 0 Å². The van der Waals surface area contributed by atoms with E-state index in [0.717, 1.165) is 15.7 Å². The molecule has 0 amide bonds. The standard InChI is InChI=1S/C14H20BrNOS/c1-10-12(7-6-8-13(10)15)11(2)16-9-18(17)14(3,4)5/h6-8H,9H2,1-5H3. The van der Waals surface area contributed by atoms with Crippen LogP contribution >= 0.6 is 15.9 Å². The fourth-order valence-electron chi connectivity index (χ4n) is 1.43. The fraction of sp³-hybridized carbons (Fsp3) is 0.500. The molecule has 0 aromatic heterocycles. The molecule has 0 fully saturated rings. The molecule has 0 spiro atoms. The number of hydrogen-bond acceptors (Lipinski definition) is 2. The van der Waals surface area contributed by atoms with Crippen LogP contribution in [0, 0.1) is 6.92 Å². The fourth-order valence-corrected chi connectivity index (χ4v) is 2.50. The average Bonchev–Trinajstić information content (AvgIpc) is 2.27. The van der Waals surface area contributed by atoms with Gasteiger partial charge in [0.2, 0.25) is 0 Å². The number of halogens is 1. The highest BCUT2D eigenvalue weighted by atomic mass is 79.9. The number of rotatable bonds is 3. The van der Waals surface area contributed by atoms with Gasteiger partial charge in [0.1, 0.15) is 5.88 Å². The molecule has 1 aromatic rings. The van der Waals surface area contributed by atoms with E-state index in [2.05, 4.69) is 27.8 Å². The van der Waals surface area contributed by atoms with E-state index in [1.165, 1.54) is 5.56 Å². The molecule has 1 rings (SSSR count). The second kappa shape index (κ2) is 6.11. The molecule has 0 heterocycles. The van der Waals surface area contributed by atoms with Crippen molar-refractivity contribution in [2.45, 2.75) is 39.4 Å². The van der Waals surface area contributed by atoms with E-state index in [-0.39, 0.29) is 4.75 Å². The molecular formula is C14H20BrNOS. The quantitative estimate of drug-likeness (QED) is 0.768. The van der Waals surface area contributed by atoms with Crippen molar-refractivity contribution in [3.8, 4) is 0 Å². The summed E-state index contributed by atoms with van der Waals surface area (Å²) >= 11 is 3.51. The summed E-state index contributed by atoms with van der Waals surface area (Å²) in [6.07, 6.45) is 0. The predicted octanol–water partition coefficient (Wildman–Crippen LogP) is 4.07. The van der Waals surface area contributed by atoms with Crippen LogP contribution in [0.4, 0.5) is 0 Å². The Morgan fingerprint density at radius 3 is 2.56 bits per heavy atom. The molecule has 18 heavy (non-hydrogen) atoms. The molecule has 0 radical (unpaired) electrons. The van der Waals surface area contributed by atoms with Crippen molar-refractivity contribution in [2.24, 2.45) is 4.99 Å². The first kappa shape index (κ1) is 15.6. The molecule has 0 saturated carbocycles. The van der Waals surface area contributed by atoms with Crippen molar-refractivity contribution in [3.05, 3.63) is 33.8 Å². The Balaban J connectivity index is 2.91. The number of benzene rings is 1. The molecule has 100 valence electrons. The highest BCUT2D eigenvalue weighted by Crippen LogP contribution is 2.20. The number of hydrogen-bond donors (Lipinski definition) is 0. The molecule has 0 aliphatic rings. The molecule has 1 aromatic carbocycles. The van der Waals surface area contributed by atoms with Crippen molar-refractivity contribution < 1.29 is 4.21 Å². The first-order chi connectivity index (χ1) is 8.23. The van der Waals surface area contributed by atoms with E-state index in [1.54, 1.807) is 0 Å². The molecule has 0 N–H and O–H groups in total. The Hall–Kier alpha value is -0.480. The van der Waals surface area contributed by atoms with Crippen LogP contribution in [0.2, 0.25) is 0 Å². The maximum Gasteiger partial charge on any atom is 0.115 e. The zero-order chi connectivity index (χ0) is 13.9. The van der Waals surface area contributed by atoms with Crippen LogP contribution in [0.5, 0.6) is 0 Å². The van der Waals surface area contributed by atoms with Crippen molar-refractivity contribution in [1.29, 1.82) is 0 Å². The van der Waals surface area contributed by atoms with Gasteiger partial charge in [0, 0.05) is 25.7 Å². The summed E-state index contributed by atoms with van der Waals surface area (Å²) in [7, 11) is -0.943. The van der Waals surface area contributed by atoms with Gasteiger partial charge < -0.3 is 0 Å². The molecule has 0 bridgehead atoms. The number of aliphatic imine (C=N–C) groups is 1. The molecule has 2 nitrogen and oxygen atoms in total. The maximum absolute atomic E-state index is 11.9. The summed E-state index contributed by atoms with van der Waals surface area (Å²) < 4.78 is 12.8. The van der Waals surface area contributed by atoms with E-state index in [4.69, 9.17) is 0 Å². The summed E-state index contributed by atoms with van der Waals surface area (Å²) in [5.41, 5.74) is 3.21. The van der Waals surface area contributed by atoms with Gasteiger partial charge in [0.25, 0.3) is 0 Å². The third-order valence-electron chi connectivity index (χ3n) is 2.76. The topological polar surface area (TPSA) is 29.4 Å². The summed E-state index contributed by atoms with van der Waals surface area (Å²) in [4.78, 5) is 4.46. The van der Waals surface area contributed by atoms with Crippen LogP contribution in [0.1, 0.15) is 38.8 Å². The Morgan fingerprint density at radius 1 is 1.39 bits per heavy atom. The Bertz CT molecular complexity index is 489. The minimum atomic E-state index is -0.943. The van der Waals surface area contributed by atoms with Crippen LogP contribution in [-0.4, -0.2) is 20.5 Å². The summed E-state index contributed by atoms with van der Waals surface area (Å²) in [6.45, 7) is 9.93. The third kappa shape index (κ3) is 4.02. The van der Waals surface area contributed by atoms with Crippen molar-refractivity contribution in [3.63, 3.8) is 0 Å². The second-order valence-corrected chi connectivity index (χ2v) is 8.27. The minimum absolute atomic E-state index is 0.212. The third-order valence-corrected chi connectivity index (χ3v) is 5.35. The van der Waals surface area contributed by atoms with Crippen LogP contribution in [0.15, 0.2) is 27.7 Å². The van der Waals surface area contributed by atoms with Gasteiger partial charge in [-0.05, 0) is 51.8 Å². The first-order valence-corrected chi connectivity index (χ1v) is 7.99. The summed E-state index contributed by atoms with van der Waals surface area (Å²) in [6, 6.07) is 6.05. The predicted molar refractivity (Wildman–Crippen MR) is 83.9 cm³/mol. The van der Waals surface area contributed by atoms with Gasteiger partial charge in [0.05, 0.1) is 0 Å². The van der Waals surface area contributed by atoms with Gasteiger partial charge in [-0.3, -0.25) is 9.20 Å². The highest BCUT2D eigenvalue weighted by molar-refractivity contribution is 9.10. The lowest BCUT2D eigenvalue weighted by molar-refractivity contribution is 0.649. The Morgan fingerprint density at radius 2 is 2.00 bits per heavy atom. The Kier molecular flexibility index (Phi) is 5.29. The zero-order valence-electron chi connectivity index (χ0n) is 11.6. The summed E-state index contributed by atoms with van der Waals surface area (Å²) in [5.74, 6) is 0.362. The maximum atomic E-state index is 11.9. The summed E-state index contributed by atoms with van der Waals surface area (Å²) in [5, 5.41) is 0. The molecule has 0 aliphatic heterocycles. The van der Waals surface area contributed by atoms with Gasteiger partial charge in [-0.2, -0.15) is 0 Å². The lowest BCUT2D eigenvalue weighted by atomic mass is 10.1. The largest absolute Gasteiger partial charge is 0.276 e. The van der Waals surface area contributed by atoms with Gasteiger partial charge >= 0.3 is 0 Å². The van der Waals surface area contributed by atoms with Crippen molar-refractivity contribution in [2.75, 3.05) is 5.88 Å². The normalized spacial score (nSPS) is 14.7. The molecule has 1 atom stereocenters.